The number of amides is 1. The number of rotatable bonds is 5. The van der Waals surface area contributed by atoms with E-state index in [1.807, 2.05) is 24.3 Å². The highest BCUT2D eigenvalue weighted by Gasteiger charge is 2.16. The number of carbonyl (C=O) groups excluding carboxylic acids is 1. The maximum atomic E-state index is 11.9. The summed E-state index contributed by atoms with van der Waals surface area (Å²) < 4.78 is 1.62. The van der Waals surface area contributed by atoms with E-state index in [2.05, 4.69) is 10.4 Å². The van der Waals surface area contributed by atoms with Gasteiger partial charge in [-0.05, 0) is 24.1 Å². The summed E-state index contributed by atoms with van der Waals surface area (Å²) in [6, 6.07) is 6.87. The molecule has 0 bridgehead atoms. The van der Waals surface area contributed by atoms with E-state index in [9.17, 15) is 4.79 Å². The molecule has 106 valence electrons. The Morgan fingerprint density at radius 2 is 2.35 bits per heavy atom. The van der Waals surface area contributed by atoms with Gasteiger partial charge in [0.15, 0.2) is 0 Å². The second-order valence-electron chi connectivity index (χ2n) is 4.60. The summed E-state index contributed by atoms with van der Waals surface area (Å²) >= 11 is 5.90. The van der Waals surface area contributed by atoms with Gasteiger partial charge in [-0.3, -0.25) is 9.48 Å². The lowest BCUT2D eigenvalue weighted by Gasteiger charge is -2.10. The highest BCUT2D eigenvalue weighted by atomic mass is 35.5. The van der Waals surface area contributed by atoms with Gasteiger partial charge in [0.25, 0.3) is 0 Å². The van der Waals surface area contributed by atoms with Crippen molar-refractivity contribution in [2.24, 2.45) is 12.8 Å². The van der Waals surface area contributed by atoms with E-state index in [4.69, 9.17) is 17.3 Å². The fraction of sp³-hybridized carbons (Fsp3) is 0.286. The summed E-state index contributed by atoms with van der Waals surface area (Å²) in [4.78, 5) is 11.9. The highest BCUT2D eigenvalue weighted by Crippen LogP contribution is 2.11. The third-order valence-corrected chi connectivity index (χ3v) is 3.20. The van der Waals surface area contributed by atoms with Gasteiger partial charge >= 0.3 is 0 Å². The average molecular weight is 293 g/mol. The van der Waals surface area contributed by atoms with Crippen molar-refractivity contribution < 1.29 is 4.79 Å². The topological polar surface area (TPSA) is 72.9 Å². The van der Waals surface area contributed by atoms with Crippen LogP contribution >= 0.6 is 11.6 Å². The van der Waals surface area contributed by atoms with Gasteiger partial charge in [-0.15, -0.1) is 0 Å². The molecule has 5 nitrogen and oxygen atoms in total. The van der Waals surface area contributed by atoms with Crippen LogP contribution in [0.5, 0.6) is 0 Å². The fourth-order valence-electron chi connectivity index (χ4n) is 1.88. The SMILES string of the molecule is Cn1cc(C(N)C(=O)NCCc2cccc(Cl)c2)cn1. The Hall–Kier alpha value is -1.85. The van der Waals surface area contributed by atoms with Crippen molar-refractivity contribution in [1.29, 1.82) is 0 Å². The Morgan fingerprint density at radius 1 is 1.55 bits per heavy atom. The Morgan fingerprint density at radius 3 is 3.00 bits per heavy atom. The van der Waals surface area contributed by atoms with Crippen LogP contribution < -0.4 is 11.1 Å². The molecule has 0 saturated carbocycles. The van der Waals surface area contributed by atoms with Crippen molar-refractivity contribution >= 4 is 17.5 Å². The van der Waals surface area contributed by atoms with Crippen LogP contribution in [0.3, 0.4) is 0 Å². The summed E-state index contributed by atoms with van der Waals surface area (Å²) in [5.74, 6) is -0.208. The summed E-state index contributed by atoms with van der Waals surface area (Å²) in [6.07, 6.45) is 4.05. The smallest absolute Gasteiger partial charge is 0.241 e. The molecule has 3 N–H and O–H groups in total. The van der Waals surface area contributed by atoms with Crippen molar-refractivity contribution in [2.75, 3.05) is 6.54 Å². The van der Waals surface area contributed by atoms with Gasteiger partial charge in [0, 0.05) is 30.4 Å². The zero-order valence-electron chi connectivity index (χ0n) is 11.2. The van der Waals surface area contributed by atoms with Gasteiger partial charge in [0.1, 0.15) is 6.04 Å². The third-order valence-electron chi connectivity index (χ3n) is 2.97. The normalized spacial score (nSPS) is 12.2. The standard InChI is InChI=1S/C14H17ClN4O/c1-19-9-11(8-18-19)13(16)14(20)17-6-5-10-3-2-4-12(15)7-10/h2-4,7-9,13H,5-6,16H2,1H3,(H,17,20). The largest absolute Gasteiger partial charge is 0.354 e. The van der Waals surface area contributed by atoms with Gasteiger partial charge in [0.05, 0.1) is 6.20 Å². The van der Waals surface area contributed by atoms with Crippen molar-refractivity contribution in [1.82, 2.24) is 15.1 Å². The van der Waals surface area contributed by atoms with Crippen LogP contribution in [0.4, 0.5) is 0 Å². The van der Waals surface area contributed by atoms with Crippen LogP contribution in [0.25, 0.3) is 0 Å². The number of nitrogens with one attached hydrogen (secondary N) is 1. The highest BCUT2D eigenvalue weighted by molar-refractivity contribution is 6.30. The molecule has 20 heavy (non-hydrogen) atoms. The van der Waals surface area contributed by atoms with E-state index in [1.54, 1.807) is 24.1 Å². The lowest BCUT2D eigenvalue weighted by atomic mass is 10.1. The first-order valence-electron chi connectivity index (χ1n) is 6.32. The molecule has 0 saturated heterocycles. The first-order chi connectivity index (χ1) is 9.56. The van der Waals surface area contributed by atoms with E-state index in [0.29, 0.717) is 23.6 Å². The maximum absolute atomic E-state index is 11.9. The number of benzene rings is 1. The van der Waals surface area contributed by atoms with E-state index in [1.165, 1.54) is 0 Å². The van der Waals surface area contributed by atoms with Gasteiger partial charge < -0.3 is 11.1 Å². The van der Waals surface area contributed by atoms with E-state index in [-0.39, 0.29) is 5.91 Å². The van der Waals surface area contributed by atoms with Crippen LogP contribution in [-0.4, -0.2) is 22.2 Å². The molecule has 2 rings (SSSR count). The van der Waals surface area contributed by atoms with Crippen molar-refractivity contribution in [3.05, 3.63) is 52.8 Å². The molecule has 0 aliphatic rings. The molecule has 1 aromatic heterocycles. The third kappa shape index (κ3) is 3.82. The molecule has 1 atom stereocenters. The first-order valence-corrected chi connectivity index (χ1v) is 6.70. The molecule has 0 aliphatic carbocycles. The van der Waals surface area contributed by atoms with Crippen molar-refractivity contribution in [3.8, 4) is 0 Å². The molecule has 1 amide bonds. The van der Waals surface area contributed by atoms with Crippen LogP contribution in [0, 0.1) is 0 Å². The molecule has 6 heteroatoms. The van der Waals surface area contributed by atoms with E-state index in [0.717, 1.165) is 5.56 Å². The number of hydrogen-bond acceptors (Lipinski definition) is 3. The first kappa shape index (κ1) is 14.6. The van der Waals surface area contributed by atoms with Gasteiger partial charge in [0.2, 0.25) is 5.91 Å². The van der Waals surface area contributed by atoms with Crippen LogP contribution in [0.2, 0.25) is 5.02 Å². The number of halogens is 1. The number of nitrogens with zero attached hydrogens (tertiary/aromatic N) is 2. The molecule has 0 fully saturated rings. The number of aromatic nitrogens is 2. The Bertz CT molecular complexity index is 596. The zero-order chi connectivity index (χ0) is 14.5. The molecule has 2 aromatic rings. The van der Waals surface area contributed by atoms with Gasteiger partial charge in [-0.2, -0.15) is 5.10 Å². The summed E-state index contributed by atoms with van der Waals surface area (Å²) in [6.45, 7) is 0.521. The van der Waals surface area contributed by atoms with Gasteiger partial charge in [-0.1, -0.05) is 23.7 Å². The number of nitrogens with two attached hydrogens (primary N) is 1. The minimum atomic E-state index is -0.692. The van der Waals surface area contributed by atoms with E-state index >= 15 is 0 Å². The monoisotopic (exact) mass is 292 g/mol. The van der Waals surface area contributed by atoms with Gasteiger partial charge in [-0.25, -0.2) is 0 Å². The summed E-state index contributed by atoms with van der Waals surface area (Å²) in [5, 5.41) is 7.51. The maximum Gasteiger partial charge on any atom is 0.241 e. The molecular formula is C14H17ClN4O. The van der Waals surface area contributed by atoms with Crippen LogP contribution in [0.15, 0.2) is 36.7 Å². The molecule has 0 spiro atoms. The summed E-state index contributed by atoms with van der Waals surface area (Å²) in [5.41, 5.74) is 7.65. The number of hydrogen-bond donors (Lipinski definition) is 2. The van der Waals surface area contributed by atoms with Crippen molar-refractivity contribution in [2.45, 2.75) is 12.5 Å². The predicted molar refractivity (Wildman–Crippen MR) is 78.3 cm³/mol. The van der Waals surface area contributed by atoms with Crippen LogP contribution in [0.1, 0.15) is 17.2 Å². The van der Waals surface area contributed by atoms with Crippen LogP contribution in [-0.2, 0) is 18.3 Å². The molecular weight excluding hydrogens is 276 g/mol. The quantitative estimate of drug-likeness (QED) is 0.876. The number of aryl methyl sites for hydroxylation is 1. The molecule has 0 aliphatic heterocycles. The molecule has 1 unspecified atom stereocenters. The minimum absolute atomic E-state index is 0.208. The lowest BCUT2D eigenvalue weighted by molar-refractivity contribution is -0.122. The number of carbonyl (C=O) groups is 1. The van der Waals surface area contributed by atoms with Crippen molar-refractivity contribution in [3.63, 3.8) is 0 Å². The summed E-state index contributed by atoms with van der Waals surface area (Å²) in [7, 11) is 1.78. The fourth-order valence-corrected chi connectivity index (χ4v) is 2.10. The van der Waals surface area contributed by atoms with E-state index < -0.39 is 6.04 Å². The zero-order valence-corrected chi connectivity index (χ0v) is 12.0. The molecule has 1 aromatic carbocycles. The molecule has 0 radical (unpaired) electrons. The predicted octanol–water partition coefficient (Wildman–Crippen LogP) is 1.43. The Labute approximate surface area is 122 Å². The minimum Gasteiger partial charge on any atom is -0.354 e. The lowest BCUT2D eigenvalue weighted by Crippen LogP contribution is -2.35. The Balaban J connectivity index is 1.83. The Kier molecular flexibility index (Phi) is 4.76. The molecule has 1 heterocycles. The second-order valence-corrected chi connectivity index (χ2v) is 5.03. The average Bonchev–Trinajstić information content (AvgIpc) is 2.84. The second kappa shape index (κ2) is 6.54.